The van der Waals surface area contributed by atoms with Gasteiger partial charge in [-0.3, -0.25) is 4.68 Å². The van der Waals surface area contributed by atoms with Gasteiger partial charge in [0.2, 0.25) is 5.88 Å². The number of halogens is 1. The van der Waals surface area contributed by atoms with Crippen LogP contribution in [0.25, 0.3) is 0 Å². The number of nitrogens with zero attached hydrogens (tertiary/aromatic N) is 5. The summed E-state index contributed by atoms with van der Waals surface area (Å²) < 4.78 is 6.94. The number of hydrogen-bond acceptors (Lipinski definition) is 5. The minimum Gasteiger partial charge on any atom is -0.404 e. The van der Waals surface area contributed by atoms with Crippen LogP contribution in [0.2, 0.25) is 5.15 Å². The van der Waals surface area contributed by atoms with Crippen molar-refractivity contribution in [2.75, 3.05) is 0 Å². The molecule has 0 bridgehead atoms. The maximum absolute atomic E-state index is 5.88. The van der Waals surface area contributed by atoms with Crippen molar-refractivity contribution in [2.45, 2.75) is 19.8 Å². The molecule has 90 valence electrons. The first-order chi connectivity index (χ1) is 8.17. The Balaban J connectivity index is 2.20. The smallest absolute Gasteiger partial charge is 0.342 e. The molecule has 0 aliphatic rings. The Hall–Kier alpha value is -1.69. The van der Waals surface area contributed by atoms with Crippen molar-refractivity contribution in [3.8, 4) is 11.9 Å². The average molecular weight is 254 g/mol. The molecule has 0 unspecified atom stereocenters. The fourth-order valence-electron chi connectivity index (χ4n) is 1.29. The zero-order valence-electron chi connectivity index (χ0n) is 9.59. The van der Waals surface area contributed by atoms with Gasteiger partial charge in [0.05, 0.1) is 0 Å². The molecule has 0 saturated carbocycles. The predicted octanol–water partition coefficient (Wildman–Crippen LogP) is 2.00. The van der Waals surface area contributed by atoms with Crippen LogP contribution in [-0.4, -0.2) is 24.7 Å². The van der Waals surface area contributed by atoms with Crippen molar-refractivity contribution in [1.82, 2.24) is 24.7 Å². The standard InChI is InChI=1S/C10H12ClN5O/c1-3-4-8-13-7(11)5-9(14-8)17-10-12-6-16(2)15-10/h5-6H,3-4H2,1-2H3. The molecule has 0 aliphatic carbocycles. The Labute approximate surface area is 104 Å². The monoisotopic (exact) mass is 253 g/mol. The number of aryl methyl sites for hydroxylation is 2. The molecule has 0 aliphatic heterocycles. The molecule has 0 atom stereocenters. The van der Waals surface area contributed by atoms with Crippen molar-refractivity contribution in [3.05, 3.63) is 23.4 Å². The van der Waals surface area contributed by atoms with Gasteiger partial charge >= 0.3 is 6.01 Å². The molecule has 0 aromatic carbocycles. The topological polar surface area (TPSA) is 65.7 Å². The van der Waals surface area contributed by atoms with Gasteiger partial charge in [-0.1, -0.05) is 18.5 Å². The van der Waals surface area contributed by atoms with E-state index < -0.39 is 0 Å². The highest BCUT2D eigenvalue weighted by atomic mass is 35.5. The van der Waals surface area contributed by atoms with Crippen LogP contribution in [0.4, 0.5) is 0 Å². The lowest BCUT2D eigenvalue weighted by Crippen LogP contribution is -1.98. The fourth-order valence-corrected chi connectivity index (χ4v) is 1.48. The molecule has 0 saturated heterocycles. The highest BCUT2D eigenvalue weighted by Crippen LogP contribution is 2.18. The summed E-state index contributed by atoms with van der Waals surface area (Å²) in [6.07, 6.45) is 3.25. The number of ether oxygens (including phenoxy) is 1. The van der Waals surface area contributed by atoms with E-state index >= 15 is 0 Å². The second kappa shape index (κ2) is 5.09. The van der Waals surface area contributed by atoms with Crippen LogP contribution in [-0.2, 0) is 13.5 Å². The number of rotatable bonds is 4. The first kappa shape index (κ1) is 11.8. The summed E-state index contributed by atoms with van der Waals surface area (Å²) in [6.45, 7) is 2.05. The van der Waals surface area contributed by atoms with Crippen LogP contribution in [0, 0.1) is 0 Å². The summed E-state index contributed by atoms with van der Waals surface area (Å²) >= 11 is 5.88. The zero-order chi connectivity index (χ0) is 12.3. The lowest BCUT2D eigenvalue weighted by atomic mass is 10.3. The second-order valence-corrected chi connectivity index (χ2v) is 3.89. The van der Waals surface area contributed by atoms with E-state index in [1.807, 2.05) is 6.92 Å². The molecule has 0 fully saturated rings. The van der Waals surface area contributed by atoms with E-state index in [9.17, 15) is 0 Å². The first-order valence-electron chi connectivity index (χ1n) is 5.24. The van der Waals surface area contributed by atoms with Gasteiger partial charge in [0.1, 0.15) is 17.3 Å². The molecule has 2 rings (SSSR count). The van der Waals surface area contributed by atoms with E-state index in [2.05, 4.69) is 20.1 Å². The molecule has 17 heavy (non-hydrogen) atoms. The third kappa shape index (κ3) is 3.13. The van der Waals surface area contributed by atoms with Crippen molar-refractivity contribution >= 4 is 11.6 Å². The van der Waals surface area contributed by atoms with E-state index in [1.165, 1.54) is 6.07 Å². The molecule has 0 N–H and O–H groups in total. The summed E-state index contributed by atoms with van der Waals surface area (Å²) in [7, 11) is 1.76. The van der Waals surface area contributed by atoms with Crippen molar-refractivity contribution in [2.24, 2.45) is 7.05 Å². The quantitative estimate of drug-likeness (QED) is 0.780. The Morgan fingerprint density at radius 3 is 2.88 bits per heavy atom. The maximum Gasteiger partial charge on any atom is 0.342 e. The Morgan fingerprint density at radius 2 is 2.24 bits per heavy atom. The highest BCUT2D eigenvalue weighted by molar-refractivity contribution is 6.29. The molecular formula is C10H12ClN5O. The zero-order valence-corrected chi connectivity index (χ0v) is 10.3. The minimum absolute atomic E-state index is 0.240. The molecule has 2 aromatic heterocycles. The largest absolute Gasteiger partial charge is 0.404 e. The normalized spacial score (nSPS) is 10.5. The van der Waals surface area contributed by atoms with Crippen molar-refractivity contribution < 1.29 is 4.74 Å². The van der Waals surface area contributed by atoms with Gasteiger partial charge in [-0.05, 0) is 6.42 Å². The minimum atomic E-state index is 0.240. The molecule has 0 radical (unpaired) electrons. The van der Waals surface area contributed by atoms with E-state index in [0.717, 1.165) is 12.8 Å². The molecule has 7 heteroatoms. The SMILES string of the molecule is CCCc1nc(Cl)cc(Oc2ncn(C)n2)n1. The Kier molecular flexibility index (Phi) is 3.53. The molecular weight excluding hydrogens is 242 g/mol. The van der Waals surface area contributed by atoms with Crippen LogP contribution >= 0.6 is 11.6 Å². The van der Waals surface area contributed by atoms with Gasteiger partial charge in [0, 0.05) is 19.5 Å². The molecule has 0 amide bonds. The molecule has 0 spiro atoms. The molecule has 2 aromatic rings. The van der Waals surface area contributed by atoms with Gasteiger partial charge in [-0.25, -0.2) is 4.98 Å². The van der Waals surface area contributed by atoms with Crippen molar-refractivity contribution in [3.63, 3.8) is 0 Å². The highest BCUT2D eigenvalue weighted by Gasteiger charge is 2.07. The summed E-state index contributed by atoms with van der Waals surface area (Å²) in [4.78, 5) is 12.3. The predicted molar refractivity (Wildman–Crippen MR) is 62.1 cm³/mol. The lowest BCUT2D eigenvalue weighted by molar-refractivity contribution is 0.419. The summed E-state index contributed by atoms with van der Waals surface area (Å²) in [5, 5.41) is 4.35. The average Bonchev–Trinajstić information content (AvgIpc) is 2.63. The van der Waals surface area contributed by atoms with E-state index in [1.54, 1.807) is 18.1 Å². The lowest BCUT2D eigenvalue weighted by Gasteiger charge is -2.03. The van der Waals surface area contributed by atoms with Crippen LogP contribution in [0.15, 0.2) is 12.4 Å². The van der Waals surface area contributed by atoms with E-state index in [0.29, 0.717) is 16.9 Å². The molecule has 6 nitrogen and oxygen atoms in total. The summed E-state index contributed by atoms with van der Waals surface area (Å²) in [5.41, 5.74) is 0. The number of hydrogen-bond donors (Lipinski definition) is 0. The van der Waals surface area contributed by atoms with Crippen molar-refractivity contribution in [1.29, 1.82) is 0 Å². The van der Waals surface area contributed by atoms with Gasteiger partial charge < -0.3 is 4.74 Å². The first-order valence-corrected chi connectivity index (χ1v) is 5.62. The van der Waals surface area contributed by atoms with Crippen LogP contribution in [0.5, 0.6) is 11.9 Å². The van der Waals surface area contributed by atoms with Gasteiger partial charge in [-0.2, -0.15) is 9.97 Å². The van der Waals surface area contributed by atoms with Gasteiger partial charge in [0.25, 0.3) is 0 Å². The third-order valence-electron chi connectivity index (χ3n) is 1.97. The van der Waals surface area contributed by atoms with E-state index in [-0.39, 0.29) is 6.01 Å². The van der Waals surface area contributed by atoms with Crippen LogP contribution < -0.4 is 4.74 Å². The maximum atomic E-state index is 5.88. The second-order valence-electron chi connectivity index (χ2n) is 3.50. The van der Waals surface area contributed by atoms with Crippen LogP contribution in [0.1, 0.15) is 19.2 Å². The Morgan fingerprint density at radius 1 is 1.41 bits per heavy atom. The Bertz CT molecular complexity index is 513. The van der Waals surface area contributed by atoms with Gasteiger partial charge in [-0.15, -0.1) is 5.10 Å². The summed E-state index contributed by atoms with van der Waals surface area (Å²) in [5.74, 6) is 1.02. The number of aromatic nitrogens is 5. The summed E-state index contributed by atoms with van der Waals surface area (Å²) in [6, 6.07) is 1.78. The van der Waals surface area contributed by atoms with E-state index in [4.69, 9.17) is 16.3 Å². The third-order valence-corrected chi connectivity index (χ3v) is 2.16. The molecule has 2 heterocycles. The van der Waals surface area contributed by atoms with Crippen LogP contribution in [0.3, 0.4) is 0 Å². The fraction of sp³-hybridized carbons (Fsp3) is 0.400. The van der Waals surface area contributed by atoms with Gasteiger partial charge in [0.15, 0.2) is 0 Å².